The van der Waals surface area contributed by atoms with Crippen LogP contribution in [0.25, 0.3) is 5.52 Å². The number of nitrogens with zero attached hydrogens (tertiary/aromatic N) is 6. The van der Waals surface area contributed by atoms with Crippen LogP contribution in [0.2, 0.25) is 0 Å². The van der Waals surface area contributed by atoms with Crippen molar-refractivity contribution in [3.05, 3.63) is 66.0 Å². The third-order valence-electron chi connectivity index (χ3n) is 4.70. The molecule has 0 aromatic carbocycles. The Morgan fingerprint density at radius 2 is 2.28 bits per heavy atom. The standard InChI is InChI=1S/C17H16FN7/c1-23-9-11(8-21-23)24-6-4-13-16(20-10-19-13)17(24)14-7-15-12(18)3-2-5-25(15)22-14/h2-3,5,7-10,17H,4,6H2,1H3,(H,19,20). The van der Waals surface area contributed by atoms with Gasteiger partial charge in [-0.1, -0.05) is 0 Å². The highest BCUT2D eigenvalue weighted by Crippen LogP contribution is 2.36. The molecule has 1 N–H and O–H groups in total. The van der Waals surface area contributed by atoms with Crippen LogP contribution in [0.5, 0.6) is 0 Å². The smallest absolute Gasteiger partial charge is 0.148 e. The average Bonchev–Trinajstić information content (AvgIpc) is 3.32. The maximum atomic E-state index is 14.1. The molecule has 0 bridgehead atoms. The van der Waals surface area contributed by atoms with E-state index in [0.717, 1.165) is 35.7 Å². The predicted molar refractivity (Wildman–Crippen MR) is 89.8 cm³/mol. The van der Waals surface area contributed by atoms with Crippen molar-refractivity contribution in [2.45, 2.75) is 12.5 Å². The summed E-state index contributed by atoms with van der Waals surface area (Å²) in [5, 5.41) is 8.89. The minimum atomic E-state index is -0.285. The molecule has 25 heavy (non-hydrogen) atoms. The second kappa shape index (κ2) is 5.17. The number of aromatic amines is 1. The van der Waals surface area contributed by atoms with Gasteiger partial charge in [-0.3, -0.25) is 4.68 Å². The Bertz CT molecular complexity index is 1060. The molecule has 1 atom stereocenters. The number of anilines is 1. The van der Waals surface area contributed by atoms with E-state index in [9.17, 15) is 4.39 Å². The molecule has 0 saturated heterocycles. The number of halogens is 1. The van der Waals surface area contributed by atoms with Gasteiger partial charge in [0, 0.05) is 38.1 Å². The fourth-order valence-corrected chi connectivity index (χ4v) is 3.54. The molecule has 1 unspecified atom stereocenters. The Morgan fingerprint density at radius 3 is 3.08 bits per heavy atom. The third-order valence-corrected chi connectivity index (χ3v) is 4.70. The lowest BCUT2D eigenvalue weighted by molar-refractivity contribution is 0.615. The summed E-state index contributed by atoms with van der Waals surface area (Å²) in [5.41, 5.74) is 4.26. The van der Waals surface area contributed by atoms with Crippen LogP contribution in [0.1, 0.15) is 23.1 Å². The summed E-state index contributed by atoms with van der Waals surface area (Å²) < 4.78 is 17.5. The Morgan fingerprint density at radius 1 is 1.36 bits per heavy atom. The molecule has 1 aliphatic rings. The lowest BCUT2D eigenvalue weighted by atomic mass is 9.99. The maximum Gasteiger partial charge on any atom is 0.148 e. The summed E-state index contributed by atoms with van der Waals surface area (Å²) >= 11 is 0. The molecule has 8 heteroatoms. The molecule has 4 aromatic rings. The lowest BCUT2D eigenvalue weighted by Crippen LogP contribution is -2.36. The van der Waals surface area contributed by atoms with E-state index in [1.807, 2.05) is 19.4 Å². The van der Waals surface area contributed by atoms with Crippen LogP contribution in [0, 0.1) is 5.82 Å². The van der Waals surface area contributed by atoms with Gasteiger partial charge in [-0.25, -0.2) is 13.9 Å². The second-order valence-corrected chi connectivity index (χ2v) is 6.24. The Labute approximate surface area is 142 Å². The zero-order valence-electron chi connectivity index (χ0n) is 13.6. The van der Waals surface area contributed by atoms with E-state index < -0.39 is 0 Å². The van der Waals surface area contributed by atoms with Crippen LogP contribution in [0.15, 0.2) is 43.1 Å². The molecule has 0 radical (unpaired) electrons. The van der Waals surface area contributed by atoms with Gasteiger partial charge in [-0.05, 0) is 18.2 Å². The molecule has 7 nitrogen and oxygen atoms in total. The predicted octanol–water partition coefficient (Wildman–Crippen LogP) is 2.08. The number of rotatable bonds is 2. The number of aromatic nitrogens is 6. The van der Waals surface area contributed by atoms with Gasteiger partial charge < -0.3 is 9.88 Å². The average molecular weight is 337 g/mol. The van der Waals surface area contributed by atoms with Crippen molar-refractivity contribution in [1.29, 1.82) is 0 Å². The highest BCUT2D eigenvalue weighted by molar-refractivity contribution is 5.55. The largest absolute Gasteiger partial charge is 0.354 e. The van der Waals surface area contributed by atoms with E-state index in [1.54, 1.807) is 33.9 Å². The van der Waals surface area contributed by atoms with Crippen molar-refractivity contribution in [3.8, 4) is 0 Å². The van der Waals surface area contributed by atoms with Gasteiger partial charge in [0.15, 0.2) is 0 Å². The first-order valence-electron chi connectivity index (χ1n) is 8.12. The number of hydrogen-bond donors (Lipinski definition) is 1. The highest BCUT2D eigenvalue weighted by atomic mass is 19.1. The topological polar surface area (TPSA) is 67.0 Å². The fourth-order valence-electron chi connectivity index (χ4n) is 3.54. The van der Waals surface area contributed by atoms with Crippen molar-refractivity contribution in [3.63, 3.8) is 0 Å². The maximum absolute atomic E-state index is 14.1. The molecule has 1 aliphatic heterocycles. The molecular formula is C17H16FN7. The molecule has 4 aromatic heterocycles. The van der Waals surface area contributed by atoms with E-state index in [0.29, 0.717) is 5.52 Å². The van der Waals surface area contributed by atoms with E-state index in [2.05, 4.69) is 25.1 Å². The van der Waals surface area contributed by atoms with Gasteiger partial charge in [0.05, 0.1) is 29.6 Å². The summed E-state index contributed by atoms with van der Waals surface area (Å²) in [6, 6.07) is 4.71. The van der Waals surface area contributed by atoms with Crippen molar-refractivity contribution < 1.29 is 4.39 Å². The Balaban J connectivity index is 1.69. The van der Waals surface area contributed by atoms with Crippen molar-refractivity contribution in [2.75, 3.05) is 11.4 Å². The Hall–Kier alpha value is -3.16. The molecule has 0 spiro atoms. The number of aryl methyl sites for hydroxylation is 1. The van der Waals surface area contributed by atoms with Crippen LogP contribution >= 0.6 is 0 Å². The summed E-state index contributed by atoms with van der Waals surface area (Å²) in [5.74, 6) is -0.285. The fraction of sp³-hybridized carbons (Fsp3) is 0.235. The SMILES string of the molecule is Cn1cc(N2CCc3[nH]cnc3C2c2cc3c(F)cccn3n2)cn1. The number of pyridine rings is 1. The normalized spacial score (nSPS) is 17.2. The van der Waals surface area contributed by atoms with Gasteiger partial charge >= 0.3 is 0 Å². The zero-order valence-corrected chi connectivity index (χ0v) is 13.6. The molecule has 0 amide bonds. The van der Waals surface area contributed by atoms with Crippen molar-refractivity contribution >= 4 is 11.2 Å². The van der Waals surface area contributed by atoms with E-state index >= 15 is 0 Å². The van der Waals surface area contributed by atoms with Crippen LogP contribution < -0.4 is 4.90 Å². The van der Waals surface area contributed by atoms with Crippen molar-refractivity contribution in [2.24, 2.45) is 7.05 Å². The number of fused-ring (bicyclic) bond motifs is 2. The molecule has 0 aliphatic carbocycles. The minimum Gasteiger partial charge on any atom is -0.354 e. The number of nitrogens with one attached hydrogen (secondary N) is 1. The quantitative estimate of drug-likeness (QED) is 0.608. The van der Waals surface area contributed by atoms with E-state index in [-0.39, 0.29) is 11.9 Å². The first-order chi connectivity index (χ1) is 12.2. The Kier molecular flexibility index (Phi) is 2.94. The van der Waals surface area contributed by atoms with Crippen LogP contribution in [0.4, 0.5) is 10.1 Å². The molecule has 5 heterocycles. The summed E-state index contributed by atoms with van der Waals surface area (Å²) in [6.45, 7) is 0.807. The lowest BCUT2D eigenvalue weighted by Gasteiger charge is -2.34. The molecule has 0 fully saturated rings. The summed E-state index contributed by atoms with van der Waals surface area (Å²) in [7, 11) is 1.89. The van der Waals surface area contributed by atoms with Gasteiger partial charge in [-0.15, -0.1) is 0 Å². The number of H-pyrrole nitrogens is 1. The van der Waals surface area contributed by atoms with Crippen LogP contribution in [-0.2, 0) is 13.5 Å². The molecule has 5 rings (SSSR count). The van der Waals surface area contributed by atoms with Gasteiger partial charge in [-0.2, -0.15) is 10.2 Å². The molecule has 126 valence electrons. The number of imidazole rings is 1. The first kappa shape index (κ1) is 14.2. The highest BCUT2D eigenvalue weighted by Gasteiger charge is 2.33. The second-order valence-electron chi connectivity index (χ2n) is 6.24. The monoisotopic (exact) mass is 337 g/mol. The van der Waals surface area contributed by atoms with Gasteiger partial charge in [0.1, 0.15) is 17.4 Å². The molecule has 0 saturated carbocycles. The summed E-state index contributed by atoms with van der Waals surface area (Å²) in [4.78, 5) is 9.95. The third kappa shape index (κ3) is 2.14. The van der Waals surface area contributed by atoms with E-state index in [4.69, 9.17) is 0 Å². The summed E-state index contributed by atoms with van der Waals surface area (Å²) in [6.07, 6.45) is 8.13. The van der Waals surface area contributed by atoms with Crippen LogP contribution in [0.3, 0.4) is 0 Å². The van der Waals surface area contributed by atoms with Crippen molar-refractivity contribution in [1.82, 2.24) is 29.4 Å². The van der Waals surface area contributed by atoms with Gasteiger partial charge in [0.2, 0.25) is 0 Å². The molecular weight excluding hydrogens is 321 g/mol. The minimum absolute atomic E-state index is 0.182. The zero-order chi connectivity index (χ0) is 17.0. The van der Waals surface area contributed by atoms with E-state index in [1.165, 1.54) is 6.07 Å². The number of hydrogen-bond acceptors (Lipinski definition) is 4. The van der Waals surface area contributed by atoms with Gasteiger partial charge in [0.25, 0.3) is 0 Å². The van der Waals surface area contributed by atoms with Crippen LogP contribution in [-0.4, -0.2) is 35.9 Å². The first-order valence-corrected chi connectivity index (χ1v) is 8.12.